The van der Waals surface area contributed by atoms with Gasteiger partial charge in [0.05, 0.1) is 26.7 Å². The highest BCUT2D eigenvalue weighted by atomic mass is 16.5. The number of methoxy groups -OCH3 is 1. The molecule has 1 N–H and O–H groups in total. The van der Waals surface area contributed by atoms with E-state index >= 15 is 0 Å². The Morgan fingerprint density at radius 1 is 1.19 bits per heavy atom. The Hall–Kier alpha value is -1.75. The lowest BCUT2D eigenvalue weighted by Crippen LogP contribution is -2.14. The van der Waals surface area contributed by atoms with Crippen LogP contribution in [0.2, 0.25) is 0 Å². The number of rotatable bonds is 10. The number of hydrogen-bond acceptors (Lipinski definition) is 5. The molecule has 0 fully saturated rings. The van der Waals surface area contributed by atoms with Gasteiger partial charge in [-0.05, 0) is 37.6 Å². The Morgan fingerprint density at radius 2 is 2.00 bits per heavy atom. The molecule has 0 spiro atoms. The predicted octanol–water partition coefficient (Wildman–Crippen LogP) is 2.53. The van der Waals surface area contributed by atoms with Crippen molar-refractivity contribution in [3.8, 4) is 11.5 Å². The van der Waals surface area contributed by atoms with E-state index in [-0.39, 0.29) is 19.0 Å². The highest BCUT2D eigenvalue weighted by Gasteiger charge is 2.08. The molecule has 0 radical (unpaired) electrons. The fraction of sp³-hybridized carbons (Fsp3) is 0.562. The van der Waals surface area contributed by atoms with Gasteiger partial charge >= 0.3 is 5.97 Å². The molecule has 5 nitrogen and oxygen atoms in total. The lowest BCUT2D eigenvalue weighted by molar-refractivity contribution is -0.141. The summed E-state index contributed by atoms with van der Waals surface area (Å²) in [4.78, 5) is 11.1. The Kier molecular flexibility index (Phi) is 8.28. The third kappa shape index (κ3) is 6.49. The molecule has 0 aromatic heterocycles. The lowest BCUT2D eigenvalue weighted by atomic mass is 10.2. The Bertz CT molecular complexity index is 434. The Balaban J connectivity index is 2.62. The zero-order valence-corrected chi connectivity index (χ0v) is 13.1. The normalized spacial score (nSPS) is 10.2. The van der Waals surface area contributed by atoms with E-state index in [1.807, 2.05) is 25.1 Å². The van der Waals surface area contributed by atoms with Crippen LogP contribution in [0.25, 0.3) is 0 Å². The number of nitrogens with one attached hydrogen (secondary N) is 1. The van der Waals surface area contributed by atoms with Crippen LogP contribution in [0.15, 0.2) is 18.2 Å². The Morgan fingerprint density at radius 3 is 2.67 bits per heavy atom. The number of esters is 1. The van der Waals surface area contributed by atoms with Gasteiger partial charge < -0.3 is 19.5 Å². The molecular formula is C16H25NO4. The number of benzene rings is 1. The first-order valence-electron chi connectivity index (χ1n) is 7.37. The number of hydrogen-bond donors (Lipinski definition) is 1. The second kappa shape index (κ2) is 10.0. The van der Waals surface area contributed by atoms with Crippen LogP contribution >= 0.6 is 0 Å². The summed E-state index contributed by atoms with van der Waals surface area (Å²) in [7, 11) is 1.37. The molecule has 0 saturated heterocycles. The van der Waals surface area contributed by atoms with E-state index in [2.05, 4.69) is 17.0 Å². The van der Waals surface area contributed by atoms with Crippen molar-refractivity contribution in [3.05, 3.63) is 23.8 Å². The molecule has 0 amide bonds. The summed E-state index contributed by atoms with van der Waals surface area (Å²) in [6, 6.07) is 5.85. The van der Waals surface area contributed by atoms with E-state index in [9.17, 15) is 4.79 Å². The highest BCUT2D eigenvalue weighted by Crippen LogP contribution is 2.28. The van der Waals surface area contributed by atoms with Crippen molar-refractivity contribution in [2.75, 3.05) is 26.9 Å². The number of carbonyl (C=O) groups is 1. The minimum atomic E-state index is -0.284. The molecule has 5 heteroatoms. The molecule has 0 atom stereocenters. The average Bonchev–Trinajstić information content (AvgIpc) is 2.49. The van der Waals surface area contributed by atoms with Crippen LogP contribution in [0, 0.1) is 0 Å². The van der Waals surface area contributed by atoms with Gasteiger partial charge in [0, 0.05) is 6.54 Å². The highest BCUT2D eigenvalue weighted by molar-refractivity contribution is 5.69. The maximum absolute atomic E-state index is 11.1. The first-order valence-corrected chi connectivity index (χ1v) is 7.37. The summed E-state index contributed by atoms with van der Waals surface area (Å²) in [6.45, 7) is 6.70. The van der Waals surface area contributed by atoms with E-state index in [4.69, 9.17) is 9.47 Å². The molecule has 0 unspecified atom stereocenters. The van der Waals surface area contributed by atoms with Gasteiger partial charge in [-0.1, -0.05) is 13.0 Å². The van der Waals surface area contributed by atoms with Crippen LogP contribution < -0.4 is 14.8 Å². The smallest absolute Gasteiger partial charge is 0.308 e. The van der Waals surface area contributed by atoms with Gasteiger partial charge in [0.25, 0.3) is 0 Å². The fourth-order valence-corrected chi connectivity index (χ4v) is 1.81. The van der Waals surface area contributed by atoms with Gasteiger partial charge in [-0.15, -0.1) is 0 Å². The standard InChI is InChI=1S/C16H25NO4/c1-4-9-17-12-13-6-7-14(15(11-13)20-5-2)21-10-8-16(18)19-3/h6-7,11,17H,4-5,8-10,12H2,1-3H3. The van der Waals surface area contributed by atoms with Crippen molar-refractivity contribution < 1.29 is 19.0 Å². The molecule has 1 aromatic carbocycles. The van der Waals surface area contributed by atoms with Crippen LogP contribution in [0.5, 0.6) is 11.5 Å². The van der Waals surface area contributed by atoms with Crippen molar-refractivity contribution in [3.63, 3.8) is 0 Å². The molecule has 1 rings (SSSR count). The van der Waals surface area contributed by atoms with Gasteiger partial charge in [-0.25, -0.2) is 0 Å². The average molecular weight is 295 g/mol. The van der Waals surface area contributed by atoms with Gasteiger partial charge in [0.15, 0.2) is 11.5 Å². The van der Waals surface area contributed by atoms with E-state index < -0.39 is 0 Å². The summed E-state index contributed by atoms with van der Waals surface area (Å²) in [5.74, 6) is 1.08. The van der Waals surface area contributed by atoms with Gasteiger partial charge in [-0.3, -0.25) is 4.79 Å². The van der Waals surface area contributed by atoms with Crippen LogP contribution in [0.4, 0.5) is 0 Å². The minimum Gasteiger partial charge on any atom is -0.490 e. The van der Waals surface area contributed by atoms with Crippen LogP contribution in [-0.2, 0) is 16.1 Å². The van der Waals surface area contributed by atoms with E-state index in [0.717, 1.165) is 25.1 Å². The summed E-state index contributed by atoms with van der Waals surface area (Å²) in [5, 5.41) is 3.35. The molecule has 0 aliphatic heterocycles. The second-order valence-corrected chi connectivity index (χ2v) is 4.57. The fourth-order valence-electron chi connectivity index (χ4n) is 1.81. The number of ether oxygens (including phenoxy) is 3. The maximum Gasteiger partial charge on any atom is 0.308 e. The van der Waals surface area contributed by atoms with Crippen molar-refractivity contribution in [2.45, 2.75) is 33.2 Å². The number of carbonyl (C=O) groups excluding carboxylic acids is 1. The monoisotopic (exact) mass is 295 g/mol. The van der Waals surface area contributed by atoms with E-state index in [0.29, 0.717) is 18.1 Å². The van der Waals surface area contributed by atoms with Gasteiger partial charge in [0.2, 0.25) is 0 Å². The van der Waals surface area contributed by atoms with Crippen LogP contribution in [0.3, 0.4) is 0 Å². The second-order valence-electron chi connectivity index (χ2n) is 4.57. The summed E-state index contributed by atoms with van der Waals surface area (Å²) >= 11 is 0. The third-order valence-corrected chi connectivity index (χ3v) is 2.86. The van der Waals surface area contributed by atoms with Crippen molar-refractivity contribution in [1.29, 1.82) is 0 Å². The third-order valence-electron chi connectivity index (χ3n) is 2.86. The zero-order chi connectivity index (χ0) is 15.5. The quantitative estimate of drug-likeness (QED) is 0.531. The van der Waals surface area contributed by atoms with Crippen molar-refractivity contribution in [1.82, 2.24) is 5.32 Å². The molecule has 1 aromatic rings. The molecular weight excluding hydrogens is 270 g/mol. The molecule has 0 saturated carbocycles. The van der Waals surface area contributed by atoms with Crippen molar-refractivity contribution >= 4 is 5.97 Å². The minimum absolute atomic E-state index is 0.224. The SMILES string of the molecule is CCCNCc1ccc(OCCC(=O)OC)c(OCC)c1. The summed E-state index contributed by atoms with van der Waals surface area (Å²) in [5.41, 5.74) is 1.15. The Labute approximate surface area is 126 Å². The largest absolute Gasteiger partial charge is 0.490 e. The molecule has 21 heavy (non-hydrogen) atoms. The van der Waals surface area contributed by atoms with Crippen LogP contribution in [-0.4, -0.2) is 32.8 Å². The van der Waals surface area contributed by atoms with Crippen LogP contribution in [0.1, 0.15) is 32.3 Å². The molecule has 0 aliphatic carbocycles. The van der Waals surface area contributed by atoms with Gasteiger partial charge in [-0.2, -0.15) is 0 Å². The summed E-state index contributed by atoms with van der Waals surface area (Å²) in [6.07, 6.45) is 1.33. The van der Waals surface area contributed by atoms with E-state index in [1.54, 1.807) is 0 Å². The molecule has 118 valence electrons. The van der Waals surface area contributed by atoms with Gasteiger partial charge in [0.1, 0.15) is 0 Å². The van der Waals surface area contributed by atoms with Crippen molar-refractivity contribution in [2.24, 2.45) is 0 Å². The lowest BCUT2D eigenvalue weighted by Gasteiger charge is -2.13. The molecule has 0 bridgehead atoms. The predicted molar refractivity (Wildman–Crippen MR) is 81.7 cm³/mol. The first-order chi connectivity index (χ1) is 10.2. The first kappa shape index (κ1) is 17.3. The zero-order valence-electron chi connectivity index (χ0n) is 13.1. The molecule has 0 aliphatic rings. The molecule has 0 heterocycles. The topological polar surface area (TPSA) is 56.8 Å². The summed E-state index contributed by atoms with van der Waals surface area (Å²) < 4.78 is 15.8. The van der Waals surface area contributed by atoms with E-state index in [1.165, 1.54) is 7.11 Å². The maximum atomic E-state index is 11.1.